The van der Waals surface area contributed by atoms with Crippen LogP contribution in [0.3, 0.4) is 0 Å². The summed E-state index contributed by atoms with van der Waals surface area (Å²) in [5.41, 5.74) is 8.35. The average molecular weight is 508 g/mol. The molecule has 4 rings (SSSR count). The van der Waals surface area contributed by atoms with Crippen molar-refractivity contribution in [2.75, 3.05) is 18.0 Å². The van der Waals surface area contributed by atoms with E-state index in [-0.39, 0.29) is 12.1 Å². The predicted octanol–water partition coefficient (Wildman–Crippen LogP) is 6.40. The summed E-state index contributed by atoms with van der Waals surface area (Å²) in [4.78, 5) is 21.1. The molecule has 0 amide bonds. The van der Waals surface area contributed by atoms with Crippen molar-refractivity contribution in [3.05, 3.63) is 46.3 Å². The number of ether oxygens (including phenoxy) is 2. The first-order chi connectivity index (χ1) is 17.3. The third kappa shape index (κ3) is 6.18. The summed E-state index contributed by atoms with van der Waals surface area (Å²) in [7, 11) is 0. The number of aryl methyl sites for hydroxylation is 2. The molecule has 1 aromatic carbocycles. The van der Waals surface area contributed by atoms with E-state index in [1.165, 1.54) is 11.1 Å². The number of rotatable bonds is 6. The van der Waals surface area contributed by atoms with Gasteiger partial charge in [0.2, 0.25) is 0 Å². The first-order valence-corrected chi connectivity index (χ1v) is 13.7. The summed E-state index contributed by atoms with van der Waals surface area (Å²) in [6.07, 6.45) is 1.07. The van der Waals surface area contributed by atoms with E-state index in [1.54, 1.807) is 0 Å². The van der Waals surface area contributed by atoms with Crippen LogP contribution in [0.15, 0.2) is 18.2 Å². The van der Waals surface area contributed by atoms with Crippen LogP contribution in [0.4, 0.5) is 5.69 Å². The number of pyridine rings is 1. The van der Waals surface area contributed by atoms with Crippen molar-refractivity contribution in [1.82, 2.24) is 10.3 Å². The molecule has 6 heteroatoms. The number of hydrogen-bond acceptors (Lipinski definition) is 6. The van der Waals surface area contributed by atoms with E-state index >= 15 is 0 Å². The van der Waals surface area contributed by atoms with Crippen LogP contribution in [-0.2, 0) is 27.4 Å². The van der Waals surface area contributed by atoms with Crippen LogP contribution in [0.2, 0.25) is 0 Å². The van der Waals surface area contributed by atoms with Gasteiger partial charge >= 0.3 is 5.97 Å². The molecule has 3 heterocycles. The summed E-state index contributed by atoms with van der Waals surface area (Å²) in [5.74, 6) is -0.360. The highest BCUT2D eigenvalue weighted by Crippen LogP contribution is 2.45. The molecule has 1 unspecified atom stereocenters. The second-order valence-corrected chi connectivity index (χ2v) is 12.8. The quantitative estimate of drug-likeness (QED) is 0.456. The molecule has 0 spiro atoms. The second kappa shape index (κ2) is 10.4. The molecule has 37 heavy (non-hydrogen) atoms. The molecule has 2 aliphatic heterocycles. The molecular formula is C31H45N3O3. The molecule has 1 N–H and O–H groups in total. The van der Waals surface area contributed by atoms with Crippen molar-refractivity contribution in [2.45, 2.75) is 106 Å². The predicted molar refractivity (Wildman–Crippen MR) is 150 cm³/mol. The monoisotopic (exact) mass is 507 g/mol. The molecular weight excluding hydrogens is 462 g/mol. The number of aromatic nitrogens is 1. The maximum atomic E-state index is 13.6. The largest absolute Gasteiger partial charge is 0.461 e. The molecule has 1 aromatic heterocycles. The average Bonchev–Trinajstić information content (AvgIpc) is 3.24. The SMILES string of the molecule is Cc1nc(C)c(C(OC(C)(C)C)C(=O)OC(C)C)c(N2CCC(C)(C)CC2)c1-c1ccc2c(c1)CNC2. The molecule has 0 saturated carbocycles. The highest BCUT2D eigenvalue weighted by atomic mass is 16.6. The Bertz CT molecular complexity index is 1150. The van der Waals surface area contributed by atoms with E-state index < -0.39 is 11.7 Å². The summed E-state index contributed by atoms with van der Waals surface area (Å²) in [5, 5.41) is 3.46. The van der Waals surface area contributed by atoms with Gasteiger partial charge in [0, 0.05) is 48.7 Å². The molecule has 1 fully saturated rings. The Kier molecular flexibility index (Phi) is 7.74. The second-order valence-electron chi connectivity index (χ2n) is 12.8. The number of carbonyl (C=O) groups is 1. The first-order valence-electron chi connectivity index (χ1n) is 13.7. The highest BCUT2D eigenvalue weighted by Gasteiger charge is 2.37. The van der Waals surface area contributed by atoms with Crippen molar-refractivity contribution in [1.29, 1.82) is 0 Å². The topological polar surface area (TPSA) is 63.7 Å². The van der Waals surface area contributed by atoms with Gasteiger partial charge in [-0.15, -0.1) is 0 Å². The smallest absolute Gasteiger partial charge is 0.340 e. The number of hydrogen-bond donors (Lipinski definition) is 1. The molecule has 0 aliphatic carbocycles. The third-order valence-corrected chi connectivity index (χ3v) is 7.44. The number of benzene rings is 1. The zero-order valence-corrected chi connectivity index (χ0v) is 24.2. The molecule has 0 bridgehead atoms. The standard InChI is InChI=1S/C31H45N3O3/c1-19(2)36-29(35)28(37-30(5,6)7)26-21(4)33-20(3)25(22-10-11-23-17-32-18-24(23)16-22)27(26)34-14-12-31(8,9)13-15-34/h10-11,16,19,28,32H,12-15,17-18H2,1-9H3. The lowest BCUT2D eigenvalue weighted by Gasteiger charge is -2.41. The molecule has 2 aliphatic rings. The number of fused-ring (bicyclic) bond motifs is 1. The molecule has 0 radical (unpaired) electrons. The maximum Gasteiger partial charge on any atom is 0.340 e. The van der Waals surface area contributed by atoms with Crippen molar-refractivity contribution >= 4 is 11.7 Å². The number of nitrogens with one attached hydrogen (secondary N) is 1. The van der Waals surface area contributed by atoms with Crippen LogP contribution in [0.25, 0.3) is 11.1 Å². The Morgan fingerprint density at radius 3 is 2.32 bits per heavy atom. The van der Waals surface area contributed by atoms with Crippen molar-refractivity contribution in [2.24, 2.45) is 5.41 Å². The highest BCUT2D eigenvalue weighted by molar-refractivity contribution is 5.88. The van der Waals surface area contributed by atoms with Crippen molar-refractivity contribution in [3.8, 4) is 11.1 Å². The third-order valence-electron chi connectivity index (χ3n) is 7.44. The molecule has 6 nitrogen and oxygen atoms in total. The fourth-order valence-corrected chi connectivity index (χ4v) is 5.49. The van der Waals surface area contributed by atoms with Crippen LogP contribution in [-0.4, -0.2) is 35.7 Å². The number of anilines is 1. The van der Waals surface area contributed by atoms with Gasteiger partial charge in [-0.25, -0.2) is 4.79 Å². The van der Waals surface area contributed by atoms with Gasteiger partial charge < -0.3 is 19.7 Å². The van der Waals surface area contributed by atoms with Crippen LogP contribution >= 0.6 is 0 Å². The Balaban J connectivity index is 1.96. The molecule has 1 saturated heterocycles. The minimum absolute atomic E-state index is 0.236. The zero-order chi connectivity index (χ0) is 27.1. The first kappa shape index (κ1) is 27.6. The lowest BCUT2D eigenvalue weighted by molar-refractivity contribution is -0.171. The van der Waals surface area contributed by atoms with Gasteiger partial charge in [0.15, 0.2) is 6.10 Å². The van der Waals surface area contributed by atoms with Gasteiger partial charge in [-0.2, -0.15) is 0 Å². The Morgan fingerprint density at radius 1 is 1.05 bits per heavy atom. The normalized spacial score (nSPS) is 18.2. The van der Waals surface area contributed by atoms with E-state index in [1.807, 2.05) is 41.5 Å². The number of piperidine rings is 1. The number of carbonyl (C=O) groups excluding carboxylic acids is 1. The number of esters is 1. The van der Waals surface area contributed by atoms with Gasteiger partial charge in [0.1, 0.15) is 0 Å². The van der Waals surface area contributed by atoms with E-state index in [0.717, 1.165) is 72.8 Å². The van der Waals surface area contributed by atoms with E-state index in [2.05, 4.69) is 49.2 Å². The summed E-state index contributed by atoms with van der Waals surface area (Å²) >= 11 is 0. The Hall–Kier alpha value is -2.44. The summed E-state index contributed by atoms with van der Waals surface area (Å²) in [6.45, 7) is 22.1. The molecule has 202 valence electrons. The van der Waals surface area contributed by atoms with Crippen LogP contribution in [0.1, 0.15) is 95.5 Å². The van der Waals surface area contributed by atoms with Crippen LogP contribution < -0.4 is 10.2 Å². The minimum atomic E-state index is -0.865. The fourth-order valence-electron chi connectivity index (χ4n) is 5.49. The summed E-state index contributed by atoms with van der Waals surface area (Å²) < 4.78 is 12.3. The van der Waals surface area contributed by atoms with Crippen LogP contribution in [0, 0.1) is 19.3 Å². The fraction of sp³-hybridized carbons (Fsp3) is 0.613. The van der Waals surface area contributed by atoms with Gasteiger partial charge in [-0.05, 0) is 89.5 Å². The van der Waals surface area contributed by atoms with E-state index in [0.29, 0.717) is 5.41 Å². The molecule has 1 atom stereocenters. The minimum Gasteiger partial charge on any atom is -0.461 e. The Morgan fingerprint density at radius 2 is 1.70 bits per heavy atom. The van der Waals surface area contributed by atoms with E-state index in [9.17, 15) is 4.79 Å². The van der Waals surface area contributed by atoms with Gasteiger partial charge in [0.05, 0.1) is 17.4 Å². The number of nitrogens with zero attached hydrogens (tertiary/aromatic N) is 2. The lowest BCUT2D eigenvalue weighted by atomic mass is 9.81. The van der Waals surface area contributed by atoms with Gasteiger partial charge in [0.25, 0.3) is 0 Å². The lowest BCUT2D eigenvalue weighted by Crippen LogP contribution is -2.39. The van der Waals surface area contributed by atoms with Gasteiger partial charge in [-0.1, -0.05) is 26.0 Å². The van der Waals surface area contributed by atoms with E-state index in [4.69, 9.17) is 14.5 Å². The summed E-state index contributed by atoms with van der Waals surface area (Å²) in [6, 6.07) is 6.73. The van der Waals surface area contributed by atoms with Crippen LogP contribution in [0.5, 0.6) is 0 Å². The van der Waals surface area contributed by atoms with Crippen molar-refractivity contribution in [3.63, 3.8) is 0 Å². The Labute approximate surface area is 223 Å². The zero-order valence-electron chi connectivity index (χ0n) is 24.2. The van der Waals surface area contributed by atoms with Gasteiger partial charge in [-0.3, -0.25) is 4.98 Å². The maximum absolute atomic E-state index is 13.6. The van der Waals surface area contributed by atoms with Crippen molar-refractivity contribution < 1.29 is 14.3 Å². The molecule has 2 aromatic rings.